The Hall–Kier alpha value is -9.18. The van der Waals surface area contributed by atoms with Crippen molar-refractivity contribution in [3.8, 4) is 34.2 Å². The number of aryl methyl sites for hydroxylation is 2. The SMILES string of the molecule is CC(C)(C)OC(=O)CCCCc1cc2cc(-c3noc(C4Cc5ccccc5C4)n3)ccc2c(=O)n1-c1ccc(F)cc1.O=C(O)CCCCc1cc2cc(-c3noc(C4Cc5ccccc5C4)n3)ccc2c(=O)n1-c1ccc(F)cc1. The molecule has 6 aromatic carbocycles. The first-order valence-corrected chi connectivity index (χ1v) is 27.7. The number of aliphatic carboxylic acids is 1. The molecule has 4 aromatic heterocycles. The normalized spacial score (nSPS) is 13.3. The zero-order chi connectivity index (χ0) is 57.1. The number of ether oxygens (including phenoxy) is 1. The Kier molecular flexibility index (Phi) is 15.7. The van der Waals surface area contributed by atoms with Crippen molar-refractivity contribution in [3.05, 3.63) is 223 Å². The summed E-state index contributed by atoms with van der Waals surface area (Å²) < 4.78 is 47.3. The molecule has 1 N–H and O–H groups in total. The first-order valence-electron chi connectivity index (χ1n) is 27.7. The van der Waals surface area contributed by atoms with Crippen LogP contribution in [-0.4, -0.2) is 52.1 Å². The fraction of sp³-hybridized carbons (Fsp3) is 0.273. The van der Waals surface area contributed by atoms with Crippen LogP contribution in [0.1, 0.15) is 117 Å². The van der Waals surface area contributed by atoms with Gasteiger partial charge in [-0.3, -0.25) is 28.3 Å². The van der Waals surface area contributed by atoms with Crippen LogP contribution in [-0.2, 0) is 52.9 Å². The average molecular weight is 1100 g/mol. The summed E-state index contributed by atoms with van der Waals surface area (Å²) in [7, 11) is 0. The maximum absolute atomic E-state index is 13.8. The molecule has 10 aromatic rings. The number of rotatable bonds is 16. The van der Waals surface area contributed by atoms with Crippen molar-refractivity contribution in [1.29, 1.82) is 0 Å². The van der Waals surface area contributed by atoms with Gasteiger partial charge in [-0.15, -0.1) is 0 Å². The zero-order valence-corrected chi connectivity index (χ0v) is 45.7. The molecule has 16 heteroatoms. The highest BCUT2D eigenvalue weighted by Gasteiger charge is 2.29. The highest BCUT2D eigenvalue weighted by atomic mass is 19.1. The summed E-state index contributed by atoms with van der Waals surface area (Å²) in [4.78, 5) is 60.0. The third-order valence-corrected chi connectivity index (χ3v) is 15.1. The Balaban J connectivity index is 0.000000173. The number of hydrogen-bond donors (Lipinski definition) is 1. The number of benzene rings is 6. The van der Waals surface area contributed by atoms with Gasteiger partial charge in [0.05, 0.1) is 0 Å². The Morgan fingerprint density at radius 1 is 0.561 bits per heavy atom. The van der Waals surface area contributed by atoms with E-state index in [4.69, 9.17) is 28.9 Å². The fourth-order valence-corrected chi connectivity index (χ4v) is 11.2. The van der Waals surface area contributed by atoms with Crippen LogP contribution in [0.3, 0.4) is 0 Å². The minimum Gasteiger partial charge on any atom is -0.481 e. The van der Waals surface area contributed by atoms with Gasteiger partial charge in [-0.25, -0.2) is 8.78 Å². The van der Waals surface area contributed by atoms with E-state index in [1.807, 2.05) is 69.3 Å². The van der Waals surface area contributed by atoms with Gasteiger partial charge in [0.2, 0.25) is 23.4 Å². The summed E-state index contributed by atoms with van der Waals surface area (Å²) in [6, 6.07) is 43.3. The van der Waals surface area contributed by atoms with E-state index in [-0.39, 0.29) is 47.0 Å². The Morgan fingerprint density at radius 2 is 0.963 bits per heavy atom. The minimum absolute atomic E-state index is 0.0603. The lowest BCUT2D eigenvalue weighted by Gasteiger charge is -2.19. The van der Waals surface area contributed by atoms with E-state index in [0.717, 1.165) is 59.0 Å². The smallest absolute Gasteiger partial charge is 0.306 e. The number of unbranched alkanes of at least 4 members (excludes halogenated alkanes) is 2. The third-order valence-electron chi connectivity index (χ3n) is 15.1. The van der Waals surface area contributed by atoms with E-state index in [1.165, 1.54) is 46.5 Å². The van der Waals surface area contributed by atoms with Crippen molar-refractivity contribution >= 4 is 33.5 Å². The van der Waals surface area contributed by atoms with Crippen LogP contribution in [0, 0.1) is 11.6 Å². The highest BCUT2D eigenvalue weighted by molar-refractivity contribution is 5.87. The van der Waals surface area contributed by atoms with Gasteiger partial charge in [0.15, 0.2) is 0 Å². The van der Waals surface area contributed by atoms with Gasteiger partial charge >= 0.3 is 11.9 Å². The van der Waals surface area contributed by atoms with Crippen LogP contribution in [0.4, 0.5) is 8.78 Å². The molecule has 12 rings (SSSR count). The predicted molar refractivity (Wildman–Crippen MR) is 307 cm³/mol. The van der Waals surface area contributed by atoms with Crippen molar-refractivity contribution in [2.24, 2.45) is 0 Å². The first kappa shape index (κ1) is 54.8. The number of halogens is 2. The zero-order valence-electron chi connectivity index (χ0n) is 45.7. The molecule has 0 atom stereocenters. The van der Waals surface area contributed by atoms with Crippen LogP contribution >= 0.6 is 0 Å². The lowest BCUT2D eigenvalue weighted by Crippen LogP contribution is -2.24. The largest absolute Gasteiger partial charge is 0.481 e. The van der Waals surface area contributed by atoms with Crippen molar-refractivity contribution in [1.82, 2.24) is 29.4 Å². The quantitative estimate of drug-likeness (QED) is 0.0714. The second-order valence-corrected chi connectivity index (χ2v) is 22.2. The summed E-state index contributed by atoms with van der Waals surface area (Å²) in [6.07, 6.45) is 7.23. The number of carboxylic acid groups (broad SMARTS) is 1. The molecule has 82 heavy (non-hydrogen) atoms. The molecule has 2 aliphatic rings. The van der Waals surface area contributed by atoms with Gasteiger partial charge in [0.25, 0.3) is 11.1 Å². The van der Waals surface area contributed by atoms with Gasteiger partial charge in [-0.2, -0.15) is 9.97 Å². The Morgan fingerprint density at radius 3 is 1.35 bits per heavy atom. The van der Waals surface area contributed by atoms with Crippen molar-refractivity contribution in [3.63, 3.8) is 0 Å². The lowest BCUT2D eigenvalue weighted by molar-refractivity contribution is -0.155. The number of carbonyl (C=O) groups excluding carboxylic acids is 1. The van der Waals surface area contributed by atoms with E-state index < -0.39 is 11.6 Å². The average Bonchev–Trinajstić information content (AvgIpc) is 3.57. The van der Waals surface area contributed by atoms with Crippen molar-refractivity contribution in [2.75, 3.05) is 0 Å². The Labute approximate surface area is 471 Å². The van der Waals surface area contributed by atoms with E-state index >= 15 is 0 Å². The number of aromatic nitrogens is 6. The predicted octanol–water partition coefficient (Wildman–Crippen LogP) is 13.0. The maximum atomic E-state index is 13.8. The standard InChI is InChI=1S/C35H34FN3O4.C31H26FN3O4/c1-35(2,3)42-31(40)11-7-6-10-29-21-25-20-24(12-17-30(25)34(41)39(29)28-15-13-27(36)14-16-28)32-37-33(43-38-32)26-18-22-8-4-5-9-23(22)19-26;32-24-10-12-25(13-11-24)35-26(7-3-4-8-28(36)37)18-22-17-21(9-14-27(22)31(35)38)29-33-30(39-34-29)23-15-19-5-1-2-6-20(19)16-23/h4-5,8-9,12-17,20-21,26H,6-7,10-11,18-19H2,1-3H3;1-2,5-6,9-14,17-18,23H,3-4,7-8,15-16H2,(H,36,37). The van der Waals surface area contributed by atoms with Crippen LogP contribution in [0.15, 0.2) is 164 Å². The molecule has 0 radical (unpaired) electrons. The maximum Gasteiger partial charge on any atom is 0.306 e. The van der Waals surface area contributed by atoms with Gasteiger partial charge < -0.3 is 18.9 Å². The summed E-state index contributed by atoms with van der Waals surface area (Å²) in [5.41, 5.74) is 8.41. The van der Waals surface area contributed by atoms with Crippen LogP contribution < -0.4 is 11.1 Å². The van der Waals surface area contributed by atoms with E-state index in [0.29, 0.717) is 90.5 Å². The fourth-order valence-electron chi connectivity index (χ4n) is 11.2. The summed E-state index contributed by atoms with van der Waals surface area (Å²) in [5, 5.41) is 20.0. The molecule has 0 unspecified atom stereocenters. The molecule has 0 fully saturated rings. The molecule has 2 aliphatic carbocycles. The molecule has 4 heterocycles. The van der Waals surface area contributed by atoms with Gasteiger partial charge in [0, 0.05) is 69.3 Å². The van der Waals surface area contributed by atoms with Crippen LogP contribution in [0.5, 0.6) is 0 Å². The van der Waals surface area contributed by atoms with Crippen molar-refractivity contribution in [2.45, 2.75) is 115 Å². The third kappa shape index (κ3) is 12.3. The van der Waals surface area contributed by atoms with Gasteiger partial charge in [-0.1, -0.05) is 71.0 Å². The van der Waals surface area contributed by atoms with Gasteiger partial charge in [0.1, 0.15) is 17.2 Å². The number of esters is 1. The van der Waals surface area contributed by atoms with Crippen LogP contribution in [0.25, 0.3) is 55.7 Å². The minimum atomic E-state index is -0.852. The monoisotopic (exact) mass is 1100 g/mol. The van der Waals surface area contributed by atoms with E-state index in [1.54, 1.807) is 45.5 Å². The molecule has 0 amide bonds. The molecular weight excluding hydrogens is 1040 g/mol. The first-order chi connectivity index (χ1) is 39.6. The van der Waals surface area contributed by atoms with Gasteiger partial charge in [-0.05, 0) is 203 Å². The Bertz CT molecular complexity index is 4070. The lowest BCUT2D eigenvalue weighted by atomic mass is 10.0. The number of carbonyl (C=O) groups is 2. The molecule has 0 aliphatic heterocycles. The second-order valence-electron chi connectivity index (χ2n) is 22.2. The number of nitrogens with zero attached hydrogens (tertiary/aromatic N) is 6. The molecule has 0 bridgehead atoms. The molecular formula is C66H60F2N6O8. The number of fused-ring (bicyclic) bond motifs is 4. The topological polar surface area (TPSA) is 185 Å². The van der Waals surface area contributed by atoms with Crippen LogP contribution in [0.2, 0.25) is 0 Å². The second kappa shape index (κ2) is 23.5. The molecule has 0 saturated carbocycles. The van der Waals surface area contributed by atoms with Crippen molar-refractivity contribution < 1.29 is 37.3 Å². The highest BCUT2D eigenvalue weighted by Crippen LogP contribution is 2.36. The molecule has 14 nitrogen and oxygen atoms in total. The molecule has 0 spiro atoms. The number of pyridine rings is 2. The number of carboxylic acids is 1. The molecule has 416 valence electrons. The summed E-state index contributed by atoms with van der Waals surface area (Å²) in [6.45, 7) is 5.54. The summed E-state index contributed by atoms with van der Waals surface area (Å²) in [5.74, 6) is 0.600. The number of hydrogen-bond acceptors (Lipinski definition) is 11. The molecule has 0 saturated heterocycles. The summed E-state index contributed by atoms with van der Waals surface area (Å²) >= 11 is 0. The van der Waals surface area contributed by atoms with E-state index in [9.17, 15) is 28.0 Å². The van der Waals surface area contributed by atoms with E-state index in [2.05, 4.69) is 46.7 Å².